The third-order valence-electron chi connectivity index (χ3n) is 5.79. The molecule has 11 heteroatoms. The second-order valence-corrected chi connectivity index (χ2v) is 9.29. The second kappa shape index (κ2) is 9.85. The van der Waals surface area contributed by atoms with E-state index >= 15 is 0 Å². The zero-order chi connectivity index (χ0) is 23.6. The Balaban J connectivity index is 2.07. The number of hydrogen-bond acceptors (Lipinski definition) is 8. The number of carbonyl (C=O) groups excluding carboxylic acids is 1. The predicted molar refractivity (Wildman–Crippen MR) is 128 cm³/mol. The highest BCUT2D eigenvalue weighted by atomic mass is 32.2. The Kier molecular flexibility index (Phi) is 7.38. The number of piperazine rings is 1. The molecule has 2 aliphatic heterocycles. The molecule has 2 saturated heterocycles. The quantitative estimate of drug-likeness (QED) is 0.482. The molecule has 0 aromatic carbocycles. The average Bonchev–Trinajstić information content (AvgIpc) is 3.03. The van der Waals surface area contributed by atoms with Gasteiger partial charge in [0.1, 0.15) is 21.8 Å². The summed E-state index contributed by atoms with van der Waals surface area (Å²) in [5.41, 5.74) is 0.812. The molecule has 1 N–H and O–H groups in total. The van der Waals surface area contributed by atoms with Crippen molar-refractivity contribution in [3.8, 4) is 6.07 Å². The van der Waals surface area contributed by atoms with E-state index in [0.29, 0.717) is 39.3 Å². The Morgan fingerprint density at radius 2 is 1.94 bits per heavy atom. The molecule has 0 aliphatic carbocycles. The number of amides is 1. The van der Waals surface area contributed by atoms with Gasteiger partial charge in [0, 0.05) is 45.3 Å². The number of hydrogen-bond donors (Lipinski definition) is 1. The molecule has 0 saturated carbocycles. The highest BCUT2D eigenvalue weighted by molar-refractivity contribution is 8.26. The van der Waals surface area contributed by atoms with Crippen LogP contribution in [0.2, 0.25) is 0 Å². The molecule has 2 fully saturated rings. The van der Waals surface area contributed by atoms with E-state index in [9.17, 15) is 19.6 Å². The number of nitriles is 1. The Morgan fingerprint density at radius 3 is 2.50 bits per heavy atom. The number of rotatable bonds is 6. The van der Waals surface area contributed by atoms with Crippen molar-refractivity contribution in [3.63, 3.8) is 0 Å². The highest BCUT2D eigenvalue weighted by Gasteiger charge is 2.33. The normalized spacial score (nSPS) is 18.5. The lowest BCUT2D eigenvalue weighted by atomic mass is 10.0. The van der Waals surface area contributed by atoms with Crippen molar-refractivity contribution in [1.82, 2.24) is 14.4 Å². The number of pyridine rings is 1. The van der Waals surface area contributed by atoms with Crippen LogP contribution in [-0.4, -0.2) is 74.9 Å². The number of thiocarbonyl (C=S) groups is 1. The summed E-state index contributed by atoms with van der Waals surface area (Å²) in [6, 6.07) is 2.00. The van der Waals surface area contributed by atoms with Crippen LogP contribution in [0.25, 0.3) is 6.08 Å². The minimum absolute atomic E-state index is 0.00111. The first-order valence-electron chi connectivity index (χ1n) is 10.3. The average molecular weight is 476 g/mol. The summed E-state index contributed by atoms with van der Waals surface area (Å²) in [5, 5.41) is 18.5. The van der Waals surface area contributed by atoms with Crippen LogP contribution in [0.3, 0.4) is 0 Å². The maximum absolute atomic E-state index is 12.9. The van der Waals surface area contributed by atoms with Crippen molar-refractivity contribution in [2.24, 2.45) is 7.05 Å². The number of carboxylic acids is 1. The van der Waals surface area contributed by atoms with Gasteiger partial charge in [0.2, 0.25) is 0 Å². The van der Waals surface area contributed by atoms with E-state index in [0.717, 1.165) is 31.4 Å². The Morgan fingerprint density at radius 1 is 1.28 bits per heavy atom. The fraction of sp³-hybridized carbons (Fsp3) is 0.476. The van der Waals surface area contributed by atoms with Crippen LogP contribution in [0.1, 0.15) is 30.0 Å². The maximum Gasteiger partial charge on any atom is 0.305 e. The molecular weight excluding hydrogens is 450 g/mol. The third kappa shape index (κ3) is 4.57. The first-order valence-corrected chi connectivity index (χ1v) is 11.5. The lowest BCUT2D eigenvalue weighted by Crippen LogP contribution is -2.48. The largest absolute Gasteiger partial charge is 0.481 e. The molecule has 32 heavy (non-hydrogen) atoms. The summed E-state index contributed by atoms with van der Waals surface area (Å²) < 4.78 is 1.77. The predicted octanol–water partition coefficient (Wildman–Crippen LogP) is 1.38. The summed E-state index contributed by atoms with van der Waals surface area (Å²) in [4.78, 5) is 42.7. The van der Waals surface area contributed by atoms with Crippen LogP contribution in [-0.2, 0) is 16.6 Å². The van der Waals surface area contributed by atoms with Gasteiger partial charge in [-0.1, -0.05) is 30.9 Å². The van der Waals surface area contributed by atoms with E-state index in [-0.39, 0.29) is 30.0 Å². The van der Waals surface area contributed by atoms with Crippen molar-refractivity contribution >= 4 is 52.1 Å². The first kappa shape index (κ1) is 24.0. The van der Waals surface area contributed by atoms with Crippen LogP contribution in [0.15, 0.2) is 9.70 Å². The van der Waals surface area contributed by atoms with E-state index in [1.54, 1.807) is 20.0 Å². The number of carbonyl (C=O) groups is 2. The Bertz CT molecular complexity index is 1100. The molecule has 1 amide bonds. The number of carboxylic acid groups (broad SMARTS) is 1. The molecular formula is C21H25N5O4S2. The summed E-state index contributed by atoms with van der Waals surface area (Å²) in [5.74, 6) is -0.711. The van der Waals surface area contributed by atoms with E-state index in [4.69, 9.17) is 17.3 Å². The van der Waals surface area contributed by atoms with E-state index in [1.807, 2.05) is 6.07 Å². The van der Waals surface area contributed by atoms with Gasteiger partial charge in [-0.25, -0.2) is 0 Å². The minimum Gasteiger partial charge on any atom is -0.481 e. The van der Waals surface area contributed by atoms with Gasteiger partial charge in [0.05, 0.1) is 11.3 Å². The topological polar surface area (TPSA) is 110 Å². The maximum atomic E-state index is 12.9. The van der Waals surface area contributed by atoms with Gasteiger partial charge in [0.25, 0.3) is 11.5 Å². The van der Waals surface area contributed by atoms with Gasteiger partial charge in [-0.2, -0.15) is 5.26 Å². The minimum atomic E-state index is -1.01. The SMILES string of the molecule is CCN1CCN(c2c(/C=C3/SC(=S)N(CCC(=O)O)C3=O)c(C)c(C#N)c(=O)n2C)CC1. The number of aromatic nitrogens is 1. The molecule has 0 spiro atoms. The molecule has 3 rings (SSSR count). The van der Waals surface area contributed by atoms with Gasteiger partial charge in [-0.05, 0) is 25.1 Å². The molecule has 0 radical (unpaired) electrons. The zero-order valence-electron chi connectivity index (χ0n) is 18.3. The van der Waals surface area contributed by atoms with Crippen LogP contribution in [0.5, 0.6) is 0 Å². The Labute approximate surface area is 195 Å². The number of aliphatic carboxylic acids is 1. The van der Waals surface area contributed by atoms with Crippen LogP contribution < -0.4 is 10.5 Å². The third-order valence-corrected chi connectivity index (χ3v) is 7.16. The highest BCUT2D eigenvalue weighted by Crippen LogP contribution is 2.35. The monoisotopic (exact) mass is 475 g/mol. The molecule has 0 unspecified atom stereocenters. The molecule has 2 aliphatic rings. The van der Waals surface area contributed by atoms with E-state index in [2.05, 4.69) is 16.7 Å². The summed E-state index contributed by atoms with van der Waals surface area (Å²) in [6.07, 6.45) is 1.47. The van der Waals surface area contributed by atoms with Crippen molar-refractivity contribution in [2.45, 2.75) is 20.3 Å². The molecule has 0 atom stereocenters. The standard InChI is InChI=1S/C21H25N5O4S2/c1-4-24-7-9-25(10-8-24)18-14(13(2)15(12-22)19(29)23(18)3)11-16-20(30)26(21(31)32-16)6-5-17(27)28/h11H,4-10H2,1-3H3,(H,27,28)/b16-11+. The molecule has 170 valence electrons. The number of likely N-dealkylation sites (N-methyl/N-ethyl adjacent to an activating group) is 1. The molecule has 1 aromatic heterocycles. The van der Waals surface area contributed by atoms with Crippen molar-refractivity contribution in [1.29, 1.82) is 5.26 Å². The molecule has 9 nitrogen and oxygen atoms in total. The van der Waals surface area contributed by atoms with Crippen LogP contribution >= 0.6 is 24.0 Å². The fourth-order valence-corrected chi connectivity index (χ4v) is 5.19. The number of anilines is 1. The van der Waals surface area contributed by atoms with Crippen molar-refractivity contribution in [2.75, 3.05) is 44.2 Å². The van der Waals surface area contributed by atoms with Crippen LogP contribution in [0.4, 0.5) is 5.82 Å². The number of nitrogens with zero attached hydrogens (tertiary/aromatic N) is 5. The van der Waals surface area contributed by atoms with Crippen molar-refractivity contribution < 1.29 is 14.7 Å². The lowest BCUT2D eigenvalue weighted by Gasteiger charge is -2.37. The Hall–Kier alpha value is -2.68. The summed E-state index contributed by atoms with van der Waals surface area (Å²) in [7, 11) is 1.64. The number of thioether (sulfide) groups is 1. The van der Waals surface area contributed by atoms with Gasteiger partial charge in [0.15, 0.2) is 0 Å². The van der Waals surface area contributed by atoms with Gasteiger partial charge in [-0.3, -0.25) is 23.9 Å². The lowest BCUT2D eigenvalue weighted by molar-refractivity contribution is -0.137. The van der Waals surface area contributed by atoms with E-state index in [1.165, 1.54) is 9.47 Å². The van der Waals surface area contributed by atoms with Gasteiger partial charge >= 0.3 is 5.97 Å². The van der Waals surface area contributed by atoms with Gasteiger partial charge in [-0.15, -0.1) is 0 Å². The smallest absolute Gasteiger partial charge is 0.305 e. The summed E-state index contributed by atoms with van der Waals surface area (Å²) in [6.45, 7) is 7.89. The summed E-state index contributed by atoms with van der Waals surface area (Å²) >= 11 is 6.38. The first-order chi connectivity index (χ1) is 15.2. The second-order valence-electron chi connectivity index (χ2n) is 7.61. The van der Waals surface area contributed by atoms with Crippen LogP contribution in [0, 0.1) is 18.3 Å². The fourth-order valence-electron chi connectivity index (χ4n) is 3.90. The van der Waals surface area contributed by atoms with E-state index < -0.39 is 5.97 Å². The van der Waals surface area contributed by atoms with Crippen molar-refractivity contribution in [3.05, 3.63) is 31.9 Å². The van der Waals surface area contributed by atoms with Gasteiger partial charge < -0.3 is 14.9 Å². The zero-order valence-corrected chi connectivity index (χ0v) is 19.9. The molecule has 3 heterocycles. The molecule has 1 aromatic rings. The molecule has 0 bridgehead atoms.